The fraction of sp³-hybridized carbons (Fsp3) is 0.438. The van der Waals surface area contributed by atoms with Gasteiger partial charge in [0.2, 0.25) is 5.91 Å². The second kappa shape index (κ2) is 9.66. The molecule has 1 N–H and O–H groups in total. The monoisotopic (exact) mass is 368 g/mol. The lowest BCUT2D eigenvalue weighted by atomic mass is 10.2. The van der Waals surface area contributed by atoms with Gasteiger partial charge < -0.3 is 14.6 Å². The Hall–Kier alpha value is -1.57. The number of hydrogen-bond acceptors (Lipinski definition) is 5. The molecule has 1 heterocycles. The number of carbonyl (C=O) groups excluding carboxylic acids is 1. The number of halogens is 1. The third-order valence-corrected chi connectivity index (χ3v) is 4.45. The minimum atomic E-state index is -0.0452. The molecular weight excluding hydrogens is 348 g/mol. The molecule has 0 radical (unpaired) electrons. The van der Waals surface area contributed by atoms with E-state index in [0.29, 0.717) is 23.9 Å². The molecule has 0 aliphatic carbocycles. The van der Waals surface area contributed by atoms with E-state index in [-0.39, 0.29) is 5.91 Å². The van der Waals surface area contributed by atoms with Crippen LogP contribution in [0, 0.1) is 0 Å². The number of rotatable bonds is 9. The summed E-state index contributed by atoms with van der Waals surface area (Å²) < 4.78 is 6.95. The zero-order valence-corrected chi connectivity index (χ0v) is 15.4. The van der Waals surface area contributed by atoms with Gasteiger partial charge in [-0.3, -0.25) is 4.79 Å². The zero-order chi connectivity index (χ0) is 17.4. The molecular formula is C16H21ClN4O2S. The summed E-state index contributed by atoms with van der Waals surface area (Å²) in [6.45, 7) is 3.90. The lowest BCUT2D eigenvalue weighted by Gasteiger charge is -2.09. The third-order valence-electron chi connectivity index (χ3n) is 3.23. The normalized spacial score (nSPS) is 10.8. The van der Waals surface area contributed by atoms with Gasteiger partial charge in [0, 0.05) is 30.8 Å². The van der Waals surface area contributed by atoms with Gasteiger partial charge in [-0.2, -0.15) is 0 Å². The number of ether oxygens (including phenoxy) is 1. The van der Waals surface area contributed by atoms with Crippen LogP contribution in [0.4, 0.5) is 0 Å². The van der Waals surface area contributed by atoms with E-state index in [1.165, 1.54) is 11.8 Å². The standard InChI is InChI=1S/C16H21ClN4O2S/c1-3-9-21-15(12-4-6-13(17)7-5-12)19-20-16(21)24-11-14(22)18-8-10-23-2/h4-7H,3,8-11H2,1-2H3,(H,18,22). The Morgan fingerprint density at radius 2 is 2.08 bits per heavy atom. The summed E-state index contributed by atoms with van der Waals surface area (Å²) in [7, 11) is 1.60. The molecule has 1 amide bonds. The number of carbonyl (C=O) groups is 1. The molecule has 0 aliphatic heterocycles. The van der Waals surface area contributed by atoms with Gasteiger partial charge in [0.15, 0.2) is 11.0 Å². The number of amides is 1. The van der Waals surface area contributed by atoms with E-state index < -0.39 is 0 Å². The van der Waals surface area contributed by atoms with Crippen molar-refractivity contribution >= 4 is 29.3 Å². The molecule has 130 valence electrons. The quantitative estimate of drug-likeness (QED) is 0.544. The average Bonchev–Trinajstić information content (AvgIpc) is 2.97. The van der Waals surface area contributed by atoms with Crippen LogP contribution in [0.5, 0.6) is 0 Å². The second-order valence-corrected chi connectivity index (χ2v) is 6.48. The smallest absolute Gasteiger partial charge is 0.230 e. The van der Waals surface area contributed by atoms with Crippen LogP contribution in [0.3, 0.4) is 0 Å². The predicted octanol–water partition coefficient (Wildman–Crippen LogP) is 2.86. The average molecular weight is 369 g/mol. The van der Waals surface area contributed by atoms with Crippen molar-refractivity contribution in [3.05, 3.63) is 29.3 Å². The molecule has 0 aliphatic rings. The maximum absolute atomic E-state index is 11.8. The van der Waals surface area contributed by atoms with Crippen LogP contribution in [0.2, 0.25) is 5.02 Å². The number of methoxy groups -OCH3 is 1. The van der Waals surface area contributed by atoms with Gasteiger partial charge >= 0.3 is 0 Å². The fourth-order valence-corrected chi connectivity index (χ4v) is 3.03. The van der Waals surface area contributed by atoms with Crippen molar-refractivity contribution in [3.8, 4) is 11.4 Å². The summed E-state index contributed by atoms with van der Waals surface area (Å²) in [5, 5.41) is 12.7. The van der Waals surface area contributed by atoms with Gasteiger partial charge in [-0.05, 0) is 30.7 Å². The summed E-state index contributed by atoms with van der Waals surface area (Å²) in [5.41, 5.74) is 0.955. The van der Waals surface area contributed by atoms with Crippen molar-refractivity contribution < 1.29 is 9.53 Å². The zero-order valence-electron chi connectivity index (χ0n) is 13.8. The van der Waals surface area contributed by atoms with Crippen molar-refractivity contribution in [3.63, 3.8) is 0 Å². The van der Waals surface area contributed by atoms with E-state index in [0.717, 1.165) is 29.5 Å². The number of thioether (sulfide) groups is 1. The van der Waals surface area contributed by atoms with E-state index in [9.17, 15) is 4.79 Å². The maximum atomic E-state index is 11.8. The highest BCUT2D eigenvalue weighted by Gasteiger charge is 2.15. The van der Waals surface area contributed by atoms with Crippen molar-refractivity contribution in [2.45, 2.75) is 25.0 Å². The summed E-state index contributed by atoms with van der Waals surface area (Å²) >= 11 is 7.32. The van der Waals surface area contributed by atoms with Gasteiger partial charge in [0.1, 0.15) is 0 Å². The Morgan fingerprint density at radius 1 is 1.33 bits per heavy atom. The summed E-state index contributed by atoms with van der Waals surface area (Å²) in [5.74, 6) is 1.04. The number of aromatic nitrogens is 3. The van der Waals surface area contributed by atoms with E-state index in [4.69, 9.17) is 16.3 Å². The predicted molar refractivity (Wildman–Crippen MR) is 96.4 cm³/mol. The first-order valence-electron chi connectivity index (χ1n) is 7.73. The van der Waals surface area contributed by atoms with Crippen molar-refractivity contribution in [1.82, 2.24) is 20.1 Å². The maximum Gasteiger partial charge on any atom is 0.230 e. The number of nitrogens with zero attached hydrogens (tertiary/aromatic N) is 3. The Morgan fingerprint density at radius 3 is 2.75 bits per heavy atom. The van der Waals surface area contributed by atoms with Gasteiger partial charge in [-0.1, -0.05) is 30.3 Å². The number of nitrogens with one attached hydrogen (secondary N) is 1. The molecule has 0 atom stereocenters. The topological polar surface area (TPSA) is 69.0 Å². The number of hydrogen-bond donors (Lipinski definition) is 1. The second-order valence-electron chi connectivity index (χ2n) is 5.10. The first-order valence-corrected chi connectivity index (χ1v) is 9.09. The Bertz CT molecular complexity index is 661. The summed E-state index contributed by atoms with van der Waals surface area (Å²) in [6.07, 6.45) is 0.951. The molecule has 6 nitrogen and oxygen atoms in total. The highest BCUT2D eigenvalue weighted by atomic mass is 35.5. The first kappa shape index (κ1) is 18.8. The van der Waals surface area contributed by atoms with Crippen molar-refractivity contribution in [1.29, 1.82) is 0 Å². The Balaban J connectivity index is 2.07. The lowest BCUT2D eigenvalue weighted by molar-refractivity contribution is -0.118. The van der Waals surface area contributed by atoms with Crippen LogP contribution in [-0.4, -0.2) is 46.7 Å². The van der Waals surface area contributed by atoms with E-state index in [2.05, 4.69) is 22.4 Å². The van der Waals surface area contributed by atoms with Gasteiger partial charge in [-0.25, -0.2) is 0 Å². The molecule has 0 bridgehead atoms. The molecule has 2 aromatic rings. The minimum absolute atomic E-state index is 0.0452. The van der Waals surface area contributed by atoms with E-state index >= 15 is 0 Å². The van der Waals surface area contributed by atoms with Gasteiger partial charge in [-0.15, -0.1) is 10.2 Å². The fourth-order valence-electron chi connectivity index (χ4n) is 2.11. The van der Waals surface area contributed by atoms with Crippen LogP contribution in [0.25, 0.3) is 11.4 Å². The minimum Gasteiger partial charge on any atom is -0.383 e. The Labute approximate surface area is 150 Å². The molecule has 1 aromatic heterocycles. The van der Waals surface area contributed by atoms with E-state index in [1.54, 1.807) is 7.11 Å². The van der Waals surface area contributed by atoms with Crippen LogP contribution >= 0.6 is 23.4 Å². The molecule has 2 rings (SSSR count). The van der Waals surface area contributed by atoms with Crippen LogP contribution in [0.15, 0.2) is 29.4 Å². The van der Waals surface area contributed by atoms with Gasteiger partial charge in [0.05, 0.1) is 12.4 Å². The highest BCUT2D eigenvalue weighted by Crippen LogP contribution is 2.25. The van der Waals surface area contributed by atoms with Crippen LogP contribution in [0.1, 0.15) is 13.3 Å². The van der Waals surface area contributed by atoms with Crippen molar-refractivity contribution in [2.75, 3.05) is 26.0 Å². The van der Waals surface area contributed by atoms with Crippen LogP contribution in [-0.2, 0) is 16.1 Å². The lowest BCUT2D eigenvalue weighted by Crippen LogP contribution is -2.28. The highest BCUT2D eigenvalue weighted by molar-refractivity contribution is 7.99. The van der Waals surface area contributed by atoms with Crippen molar-refractivity contribution in [2.24, 2.45) is 0 Å². The summed E-state index contributed by atoms with van der Waals surface area (Å²) in [6, 6.07) is 7.50. The molecule has 0 saturated carbocycles. The first-order chi connectivity index (χ1) is 11.7. The SMILES string of the molecule is CCCn1c(SCC(=O)NCCOC)nnc1-c1ccc(Cl)cc1. The molecule has 8 heteroatoms. The molecule has 0 unspecified atom stereocenters. The molecule has 0 saturated heterocycles. The van der Waals surface area contributed by atoms with E-state index in [1.807, 2.05) is 28.8 Å². The summed E-state index contributed by atoms with van der Waals surface area (Å²) in [4.78, 5) is 11.8. The number of benzene rings is 1. The molecule has 24 heavy (non-hydrogen) atoms. The molecule has 0 spiro atoms. The Kier molecular flexibility index (Phi) is 7.55. The third kappa shape index (κ3) is 5.22. The molecule has 1 aromatic carbocycles. The van der Waals surface area contributed by atoms with Crippen LogP contribution < -0.4 is 5.32 Å². The van der Waals surface area contributed by atoms with Gasteiger partial charge in [0.25, 0.3) is 0 Å². The molecule has 0 fully saturated rings. The largest absolute Gasteiger partial charge is 0.383 e.